The Balaban J connectivity index is 0. The summed E-state index contributed by atoms with van der Waals surface area (Å²) in [6, 6.07) is 3.11. The van der Waals surface area contributed by atoms with Gasteiger partial charge in [-0.2, -0.15) is 0 Å². The normalized spacial score (nSPS) is 11.2. The van der Waals surface area contributed by atoms with Crippen molar-refractivity contribution < 1.29 is 83.3 Å². The first kappa shape index (κ1) is 20.0. The SMILES string of the molecule is CC(=CC(=Cc1ccco1)C(=O)[O-])C(=O)[O-].[Na+].[Na+]. The second kappa shape index (κ2) is 9.61. The van der Waals surface area contributed by atoms with Crippen LogP contribution in [0.1, 0.15) is 12.7 Å². The molecule has 0 bridgehead atoms. The van der Waals surface area contributed by atoms with E-state index in [9.17, 15) is 19.8 Å². The first-order chi connectivity index (χ1) is 7.50. The van der Waals surface area contributed by atoms with E-state index in [1.54, 1.807) is 6.07 Å². The predicted octanol–water partition coefficient (Wildman–Crippen LogP) is -6.88. The van der Waals surface area contributed by atoms with E-state index in [1.807, 2.05) is 0 Å². The van der Waals surface area contributed by atoms with E-state index in [-0.39, 0.29) is 70.3 Å². The molecule has 0 atom stereocenters. The summed E-state index contributed by atoms with van der Waals surface area (Å²) in [5, 5.41) is 21.1. The first-order valence-corrected chi connectivity index (χ1v) is 4.37. The Bertz CT molecular complexity index is 460. The maximum atomic E-state index is 10.7. The summed E-state index contributed by atoms with van der Waals surface area (Å²) >= 11 is 0. The number of aliphatic carboxylic acids is 2. The number of carboxylic acid groups (broad SMARTS) is 2. The molecule has 7 heteroatoms. The molecule has 0 unspecified atom stereocenters. The fraction of sp³-hybridized carbons (Fsp3) is 0.0909. The molecule has 18 heavy (non-hydrogen) atoms. The van der Waals surface area contributed by atoms with Crippen molar-refractivity contribution in [3.8, 4) is 0 Å². The molecular weight excluding hydrogens is 258 g/mol. The van der Waals surface area contributed by atoms with Crippen molar-refractivity contribution in [1.82, 2.24) is 0 Å². The van der Waals surface area contributed by atoms with Gasteiger partial charge >= 0.3 is 59.1 Å². The Kier molecular flexibility index (Phi) is 10.7. The second-order valence-electron chi connectivity index (χ2n) is 3.02. The van der Waals surface area contributed by atoms with Gasteiger partial charge in [0.1, 0.15) is 5.76 Å². The van der Waals surface area contributed by atoms with Crippen LogP contribution in [0.2, 0.25) is 0 Å². The van der Waals surface area contributed by atoms with Crippen LogP contribution in [0, 0.1) is 0 Å². The third-order valence-electron chi connectivity index (χ3n) is 1.77. The Labute approximate surface area is 148 Å². The van der Waals surface area contributed by atoms with Crippen molar-refractivity contribution in [3.05, 3.63) is 41.4 Å². The number of carbonyl (C=O) groups excluding carboxylic acids is 2. The van der Waals surface area contributed by atoms with Gasteiger partial charge in [0.25, 0.3) is 0 Å². The molecule has 0 saturated heterocycles. The molecule has 84 valence electrons. The van der Waals surface area contributed by atoms with Gasteiger partial charge in [-0.3, -0.25) is 0 Å². The van der Waals surface area contributed by atoms with Gasteiger partial charge in [-0.1, -0.05) is 0 Å². The van der Waals surface area contributed by atoms with E-state index in [0.717, 1.165) is 6.08 Å². The molecule has 0 N–H and O–H groups in total. The minimum atomic E-state index is -1.49. The van der Waals surface area contributed by atoms with Crippen LogP contribution in [0.5, 0.6) is 0 Å². The summed E-state index contributed by atoms with van der Waals surface area (Å²) in [6.45, 7) is 1.23. The maximum Gasteiger partial charge on any atom is 1.00 e. The van der Waals surface area contributed by atoms with Crippen molar-refractivity contribution in [3.63, 3.8) is 0 Å². The summed E-state index contributed by atoms with van der Waals surface area (Å²) in [5.41, 5.74) is -0.501. The quantitative estimate of drug-likeness (QED) is 0.307. The molecule has 1 rings (SSSR count). The molecule has 1 aromatic rings. The Morgan fingerprint density at radius 3 is 2.22 bits per heavy atom. The molecule has 1 heterocycles. The second-order valence-corrected chi connectivity index (χ2v) is 3.02. The van der Waals surface area contributed by atoms with Gasteiger partial charge in [-0.25, -0.2) is 0 Å². The molecule has 0 fully saturated rings. The van der Waals surface area contributed by atoms with Gasteiger partial charge in [0, 0.05) is 5.57 Å². The van der Waals surface area contributed by atoms with Crippen molar-refractivity contribution in [2.24, 2.45) is 0 Å². The number of carbonyl (C=O) groups is 2. The summed E-state index contributed by atoms with van der Waals surface area (Å²) in [5.74, 6) is -2.63. The fourth-order valence-corrected chi connectivity index (χ4v) is 0.978. The topological polar surface area (TPSA) is 93.4 Å². The Hall–Kier alpha value is -0.300. The average Bonchev–Trinajstić information content (AvgIpc) is 2.68. The summed E-state index contributed by atoms with van der Waals surface area (Å²) < 4.78 is 4.90. The number of carboxylic acids is 2. The smallest absolute Gasteiger partial charge is 0.545 e. The van der Waals surface area contributed by atoms with Crippen LogP contribution in [-0.2, 0) is 9.59 Å². The van der Waals surface area contributed by atoms with Crippen molar-refractivity contribution >= 4 is 18.0 Å². The van der Waals surface area contributed by atoms with Crippen LogP contribution < -0.4 is 69.3 Å². The third kappa shape index (κ3) is 6.58. The summed E-state index contributed by atoms with van der Waals surface area (Å²) in [4.78, 5) is 21.1. The minimum Gasteiger partial charge on any atom is -0.545 e. The number of hydrogen-bond donors (Lipinski definition) is 0. The van der Waals surface area contributed by atoms with Crippen molar-refractivity contribution in [2.45, 2.75) is 6.92 Å². The zero-order valence-electron chi connectivity index (χ0n) is 10.4. The van der Waals surface area contributed by atoms with Gasteiger partial charge in [-0.05, 0) is 36.8 Å². The van der Waals surface area contributed by atoms with Crippen LogP contribution in [0.4, 0.5) is 0 Å². The zero-order valence-corrected chi connectivity index (χ0v) is 14.4. The van der Waals surface area contributed by atoms with Gasteiger partial charge < -0.3 is 24.2 Å². The van der Waals surface area contributed by atoms with E-state index >= 15 is 0 Å². The summed E-state index contributed by atoms with van der Waals surface area (Å²) in [6.07, 6.45) is 3.49. The molecule has 5 nitrogen and oxygen atoms in total. The van der Waals surface area contributed by atoms with Crippen molar-refractivity contribution in [2.75, 3.05) is 0 Å². The van der Waals surface area contributed by atoms with E-state index in [0.29, 0.717) is 5.76 Å². The van der Waals surface area contributed by atoms with Crippen LogP contribution in [-0.4, -0.2) is 11.9 Å². The number of rotatable bonds is 4. The van der Waals surface area contributed by atoms with Gasteiger partial charge in [0.15, 0.2) is 0 Å². The summed E-state index contributed by atoms with van der Waals surface area (Å²) in [7, 11) is 0. The van der Waals surface area contributed by atoms with Crippen LogP contribution in [0.15, 0.2) is 40.0 Å². The number of furan rings is 1. The molecule has 0 aliphatic heterocycles. The molecule has 1 aromatic heterocycles. The standard InChI is InChI=1S/C11H10O5.2Na/c1-7(10(12)13)5-8(11(14)15)6-9-3-2-4-16-9;;/h2-6H,1H3,(H,12,13)(H,14,15);;/q;2*+1/p-2. The van der Waals surface area contributed by atoms with Gasteiger partial charge in [0.05, 0.1) is 18.2 Å². The first-order valence-electron chi connectivity index (χ1n) is 4.37. The fourth-order valence-electron chi connectivity index (χ4n) is 0.978. The zero-order chi connectivity index (χ0) is 12.1. The molecule has 0 aromatic carbocycles. The largest absolute Gasteiger partial charge is 1.00 e. The molecule has 0 spiro atoms. The van der Waals surface area contributed by atoms with E-state index in [4.69, 9.17) is 4.42 Å². The minimum absolute atomic E-state index is 0. The molecular formula is C11H8Na2O5. The van der Waals surface area contributed by atoms with E-state index < -0.39 is 11.9 Å². The molecule has 0 aliphatic rings. The average molecular weight is 266 g/mol. The third-order valence-corrected chi connectivity index (χ3v) is 1.77. The van der Waals surface area contributed by atoms with E-state index in [1.165, 1.54) is 25.3 Å². The van der Waals surface area contributed by atoms with Gasteiger partial charge in [-0.15, -0.1) is 0 Å². The molecule has 0 radical (unpaired) electrons. The number of hydrogen-bond acceptors (Lipinski definition) is 5. The molecule has 0 aliphatic carbocycles. The molecule has 0 saturated carbocycles. The van der Waals surface area contributed by atoms with Crippen LogP contribution in [0.3, 0.4) is 0 Å². The van der Waals surface area contributed by atoms with Crippen LogP contribution >= 0.6 is 0 Å². The predicted molar refractivity (Wildman–Crippen MR) is 50.5 cm³/mol. The Morgan fingerprint density at radius 1 is 1.22 bits per heavy atom. The van der Waals surface area contributed by atoms with Crippen LogP contribution in [0.25, 0.3) is 6.08 Å². The monoisotopic (exact) mass is 266 g/mol. The van der Waals surface area contributed by atoms with E-state index in [2.05, 4.69) is 0 Å². The van der Waals surface area contributed by atoms with Gasteiger partial charge in [0.2, 0.25) is 0 Å². The maximum absolute atomic E-state index is 10.7. The van der Waals surface area contributed by atoms with Crippen molar-refractivity contribution in [1.29, 1.82) is 0 Å². The molecule has 0 amide bonds. The Morgan fingerprint density at radius 2 is 1.83 bits per heavy atom.